The van der Waals surface area contributed by atoms with E-state index in [-0.39, 0.29) is 13.0 Å². The fourth-order valence-corrected chi connectivity index (χ4v) is 4.91. The van der Waals surface area contributed by atoms with Gasteiger partial charge in [0, 0.05) is 55.2 Å². The van der Waals surface area contributed by atoms with Crippen molar-refractivity contribution in [3.05, 3.63) is 72.9 Å². The molecule has 0 bridgehead atoms. The molecule has 9 nitrogen and oxygen atoms in total. The minimum atomic E-state index is -2.62. The molecule has 1 saturated heterocycles. The summed E-state index contributed by atoms with van der Waals surface area (Å²) in [5, 5.41) is 8.38. The summed E-state index contributed by atoms with van der Waals surface area (Å²) in [6.07, 6.45) is 8.50. The van der Waals surface area contributed by atoms with Gasteiger partial charge < -0.3 is 4.98 Å². The van der Waals surface area contributed by atoms with Gasteiger partial charge in [0.15, 0.2) is 5.82 Å². The van der Waals surface area contributed by atoms with Crippen LogP contribution < -0.4 is 0 Å². The van der Waals surface area contributed by atoms with Gasteiger partial charge in [-0.2, -0.15) is 5.10 Å². The summed E-state index contributed by atoms with van der Waals surface area (Å²) in [7, 11) is 0. The molecule has 11 heteroatoms. The Morgan fingerprint density at radius 3 is 2.71 bits per heavy atom. The average Bonchev–Trinajstić information content (AvgIpc) is 3.64. The molecule has 1 aliphatic heterocycles. The average molecular weight is 510 g/mol. The first-order valence-electron chi connectivity index (χ1n) is 12.2. The highest BCUT2D eigenvalue weighted by Gasteiger charge is 2.37. The molecule has 1 fully saturated rings. The first kappa shape index (κ1) is 22.5. The maximum Gasteiger partial charge on any atom is 0.261 e. The highest BCUT2D eigenvalue weighted by atomic mass is 19.3. The zero-order valence-electron chi connectivity index (χ0n) is 20.1. The number of nitrogens with one attached hydrogen (secondary N) is 2. The molecule has 0 atom stereocenters. The Hall–Kier alpha value is -4.64. The van der Waals surface area contributed by atoms with Crippen LogP contribution in [-0.4, -0.2) is 64.0 Å². The van der Waals surface area contributed by atoms with E-state index in [1.807, 2.05) is 36.4 Å². The lowest BCUT2D eigenvalue weighted by Crippen LogP contribution is -2.24. The maximum absolute atomic E-state index is 13.6. The summed E-state index contributed by atoms with van der Waals surface area (Å²) in [5.41, 5.74) is 6.72. The number of hydrogen-bond acceptors (Lipinski definition) is 7. The molecule has 38 heavy (non-hydrogen) atoms. The van der Waals surface area contributed by atoms with Crippen LogP contribution in [0.25, 0.3) is 56.1 Å². The van der Waals surface area contributed by atoms with Gasteiger partial charge in [0.05, 0.1) is 35.2 Å². The maximum atomic E-state index is 13.6. The van der Waals surface area contributed by atoms with Crippen molar-refractivity contribution in [2.75, 3.05) is 13.1 Å². The number of fused-ring (bicyclic) bond motifs is 2. The molecule has 188 valence electrons. The minimum Gasteiger partial charge on any atom is -0.336 e. The highest BCUT2D eigenvalue weighted by molar-refractivity contribution is 5.96. The quantitative estimate of drug-likeness (QED) is 0.341. The van der Waals surface area contributed by atoms with Gasteiger partial charge in [-0.3, -0.25) is 29.9 Å². The lowest BCUT2D eigenvalue weighted by Gasteiger charge is -2.15. The molecule has 7 heterocycles. The number of hydrogen-bond donors (Lipinski definition) is 2. The second kappa shape index (κ2) is 8.73. The molecule has 7 rings (SSSR count). The molecule has 0 saturated carbocycles. The number of halogens is 2. The summed E-state index contributed by atoms with van der Waals surface area (Å²) in [6.45, 7) is 0.561. The van der Waals surface area contributed by atoms with Crippen LogP contribution in [0.2, 0.25) is 0 Å². The topological polar surface area (TPSA) is 112 Å². The van der Waals surface area contributed by atoms with E-state index >= 15 is 0 Å². The van der Waals surface area contributed by atoms with E-state index in [0.29, 0.717) is 41.5 Å². The number of alkyl halides is 2. The molecule has 0 unspecified atom stereocenters. The molecule has 0 amide bonds. The molecule has 0 spiro atoms. The molecular formula is C27H21F2N9. The van der Waals surface area contributed by atoms with Crippen molar-refractivity contribution in [3.63, 3.8) is 0 Å². The van der Waals surface area contributed by atoms with Crippen LogP contribution in [0.1, 0.15) is 12.0 Å². The van der Waals surface area contributed by atoms with Crippen molar-refractivity contribution >= 4 is 21.9 Å². The summed E-state index contributed by atoms with van der Waals surface area (Å²) < 4.78 is 27.2. The highest BCUT2D eigenvalue weighted by Crippen LogP contribution is 2.32. The molecule has 1 aliphatic rings. The molecule has 0 radical (unpaired) electrons. The van der Waals surface area contributed by atoms with Gasteiger partial charge >= 0.3 is 0 Å². The normalized spacial score (nSPS) is 15.5. The Morgan fingerprint density at radius 2 is 1.87 bits per heavy atom. The van der Waals surface area contributed by atoms with Crippen molar-refractivity contribution in [1.29, 1.82) is 0 Å². The largest absolute Gasteiger partial charge is 0.336 e. The molecule has 6 aromatic heterocycles. The van der Waals surface area contributed by atoms with Crippen molar-refractivity contribution in [2.45, 2.75) is 18.9 Å². The number of likely N-dealkylation sites (tertiary alicyclic amines) is 1. The Bertz CT molecular complexity index is 1780. The Morgan fingerprint density at radius 1 is 0.921 bits per heavy atom. The number of rotatable bonds is 5. The van der Waals surface area contributed by atoms with E-state index < -0.39 is 5.92 Å². The molecule has 6 aromatic rings. The van der Waals surface area contributed by atoms with Gasteiger partial charge in [-0.25, -0.2) is 13.8 Å². The van der Waals surface area contributed by atoms with Crippen LogP contribution in [-0.2, 0) is 6.54 Å². The van der Waals surface area contributed by atoms with E-state index in [1.54, 1.807) is 35.9 Å². The van der Waals surface area contributed by atoms with Crippen molar-refractivity contribution in [3.8, 4) is 34.2 Å². The summed E-state index contributed by atoms with van der Waals surface area (Å²) in [6, 6.07) is 11.4. The van der Waals surface area contributed by atoms with Crippen LogP contribution >= 0.6 is 0 Å². The minimum absolute atomic E-state index is 0.108. The van der Waals surface area contributed by atoms with E-state index in [0.717, 1.165) is 33.2 Å². The van der Waals surface area contributed by atoms with Crippen LogP contribution in [0, 0.1) is 0 Å². The van der Waals surface area contributed by atoms with Crippen LogP contribution in [0.15, 0.2) is 67.4 Å². The third kappa shape index (κ3) is 4.06. The van der Waals surface area contributed by atoms with Crippen molar-refractivity contribution in [2.24, 2.45) is 0 Å². The second-order valence-corrected chi connectivity index (χ2v) is 9.44. The molecule has 0 aliphatic carbocycles. The predicted molar refractivity (Wildman–Crippen MR) is 138 cm³/mol. The van der Waals surface area contributed by atoms with E-state index in [4.69, 9.17) is 4.98 Å². The summed E-state index contributed by atoms with van der Waals surface area (Å²) >= 11 is 0. The van der Waals surface area contributed by atoms with E-state index in [9.17, 15) is 8.78 Å². The van der Waals surface area contributed by atoms with Crippen molar-refractivity contribution < 1.29 is 8.78 Å². The molecule has 0 aromatic carbocycles. The first-order valence-corrected chi connectivity index (χ1v) is 12.2. The number of nitrogens with zero attached hydrogens (tertiary/aromatic N) is 7. The van der Waals surface area contributed by atoms with Crippen molar-refractivity contribution in [1.82, 2.24) is 45.0 Å². The molecular weight excluding hydrogens is 488 g/mol. The second-order valence-electron chi connectivity index (χ2n) is 9.44. The van der Waals surface area contributed by atoms with Gasteiger partial charge in [-0.15, -0.1) is 0 Å². The monoisotopic (exact) mass is 509 g/mol. The zero-order valence-corrected chi connectivity index (χ0v) is 20.1. The number of aromatic nitrogens is 8. The number of imidazole rings is 1. The van der Waals surface area contributed by atoms with E-state index in [2.05, 4.69) is 35.1 Å². The standard InChI is InChI=1S/C27H21F2N9/c28-27(29)5-8-38(15-27)14-16-9-17(12-30-11-16)21-10-18-22(13-33-21)36-37-23(18)26-34-20-4-7-32-24(25(20)35-26)19-3-1-2-6-31-19/h1-4,6-7,9-13H,5,8,14-15H2,(H,34,35)(H,36,37). The number of pyridine rings is 4. The SMILES string of the molecule is FC1(F)CCN(Cc2cncc(-c3cc4c(-c5nc6c(-c7ccccn7)nccc6[nH]5)n[nH]c4cn3)c2)C1. The van der Waals surface area contributed by atoms with Gasteiger partial charge in [0.25, 0.3) is 5.92 Å². The molecule has 2 N–H and O–H groups in total. The smallest absolute Gasteiger partial charge is 0.261 e. The number of aromatic amines is 2. The zero-order chi connectivity index (χ0) is 25.7. The van der Waals surface area contributed by atoms with Gasteiger partial charge in [0.1, 0.15) is 16.9 Å². The fraction of sp³-hybridized carbons (Fsp3) is 0.185. The summed E-state index contributed by atoms with van der Waals surface area (Å²) in [5.74, 6) is -2.03. The first-order chi connectivity index (χ1) is 18.5. The fourth-order valence-electron chi connectivity index (χ4n) is 4.91. The van der Waals surface area contributed by atoms with Gasteiger partial charge in [0.2, 0.25) is 0 Å². The Labute approximate surface area is 215 Å². The van der Waals surface area contributed by atoms with E-state index in [1.165, 1.54) is 0 Å². The third-order valence-corrected chi connectivity index (χ3v) is 6.73. The Kier molecular flexibility index (Phi) is 5.18. The van der Waals surface area contributed by atoms with Gasteiger partial charge in [-0.05, 0) is 35.9 Å². The number of H-pyrrole nitrogens is 2. The van der Waals surface area contributed by atoms with Crippen LogP contribution in [0.3, 0.4) is 0 Å². The Balaban J connectivity index is 1.24. The van der Waals surface area contributed by atoms with Crippen LogP contribution in [0.4, 0.5) is 8.78 Å². The van der Waals surface area contributed by atoms with Crippen LogP contribution in [0.5, 0.6) is 0 Å². The predicted octanol–water partition coefficient (Wildman–Crippen LogP) is 4.86. The lowest BCUT2D eigenvalue weighted by atomic mass is 10.1. The van der Waals surface area contributed by atoms with Gasteiger partial charge in [-0.1, -0.05) is 6.07 Å². The summed E-state index contributed by atoms with van der Waals surface area (Å²) in [4.78, 5) is 27.8. The lowest BCUT2D eigenvalue weighted by molar-refractivity contribution is 0.0115. The third-order valence-electron chi connectivity index (χ3n) is 6.73.